The summed E-state index contributed by atoms with van der Waals surface area (Å²) >= 11 is 0. The number of rotatable bonds is 3. The summed E-state index contributed by atoms with van der Waals surface area (Å²) < 4.78 is 5.12. The third-order valence-electron chi connectivity index (χ3n) is 5.06. The fraction of sp³-hybridized carbons (Fsp3) is 0.867. The van der Waals surface area contributed by atoms with Gasteiger partial charge in [-0.25, -0.2) is 4.79 Å². The smallest absolute Gasteiger partial charge is 0.408 e. The molecule has 2 unspecified atom stereocenters. The molecule has 2 amide bonds. The maximum atomic E-state index is 12.0. The average molecular weight is 280 g/mol. The molecule has 20 heavy (non-hydrogen) atoms. The molecule has 0 aromatic heterocycles. The second kappa shape index (κ2) is 4.37. The highest BCUT2D eigenvalue weighted by atomic mass is 16.6. The van der Waals surface area contributed by atoms with E-state index in [4.69, 9.17) is 4.74 Å². The third-order valence-corrected chi connectivity index (χ3v) is 5.06. The molecule has 4 aliphatic rings. The molecular formula is C15H24N2O3. The zero-order chi connectivity index (χ0) is 14.5. The molecule has 4 rings (SSSR count). The van der Waals surface area contributed by atoms with Gasteiger partial charge in [0.15, 0.2) is 0 Å². The SMILES string of the molecule is CC(C)(C)OC(=O)NCC(=O)NC12CC3CC1CC3C2. The summed E-state index contributed by atoms with van der Waals surface area (Å²) in [5, 5.41) is 5.71. The summed E-state index contributed by atoms with van der Waals surface area (Å²) in [6.45, 7) is 5.40. The zero-order valence-corrected chi connectivity index (χ0v) is 12.5. The number of nitrogens with one attached hydrogen (secondary N) is 2. The molecule has 4 bridgehead atoms. The van der Waals surface area contributed by atoms with E-state index in [1.54, 1.807) is 20.8 Å². The Morgan fingerprint density at radius 2 is 1.80 bits per heavy atom. The first kappa shape index (κ1) is 13.7. The Hall–Kier alpha value is -1.26. The molecule has 4 fully saturated rings. The predicted octanol–water partition coefficient (Wildman–Crippen LogP) is 1.82. The molecule has 0 aromatic rings. The van der Waals surface area contributed by atoms with Crippen molar-refractivity contribution in [2.45, 2.75) is 57.6 Å². The summed E-state index contributed by atoms with van der Waals surface area (Å²) in [5.74, 6) is 2.24. The van der Waals surface area contributed by atoms with Gasteiger partial charge in [0.25, 0.3) is 0 Å². The van der Waals surface area contributed by atoms with Crippen LogP contribution in [0.25, 0.3) is 0 Å². The summed E-state index contributed by atoms with van der Waals surface area (Å²) in [5.41, 5.74) is -0.493. The van der Waals surface area contributed by atoms with Gasteiger partial charge in [-0.15, -0.1) is 0 Å². The van der Waals surface area contributed by atoms with Gasteiger partial charge in [-0.05, 0) is 64.2 Å². The molecule has 5 nitrogen and oxygen atoms in total. The molecule has 0 aromatic carbocycles. The minimum absolute atomic E-state index is 0.00127. The molecule has 0 aliphatic heterocycles. The van der Waals surface area contributed by atoms with E-state index in [-0.39, 0.29) is 18.0 Å². The van der Waals surface area contributed by atoms with Gasteiger partial charge in [0, 0.05) is 5.54 Å². The number of hydrogen-bond donors (Lipinski definition) is 2. The number of carbonyl (C=O) groups excluding carboxylic acids is 2. The summed E-state index contributed by atoms with van der Waals surface area (Å²) in [6.07, 6.45) is 4.31. The van der Waals surface area contributed by atoms with Crippen LogP contribution < -0.4 is 10.6 Å². The van der Waals surface area contributed by atoms with E-state index in [1.165, 1.54) is 12.8 Å². The predicted molar refractivity (Wildman–Crippen MR) is 74.0 cm³/mol. The number of hydrogen-bond acceptors (Lipinski definition) is 3. The van der Waals surface area contributed by atoms with Crippen molar-refractivity contribution in [1.82, 2.24) is 10.6 Å². The normalized spacial score (nSPS) is 37.2. The molecular weight excluding hydrogens is 256 g/mol. The summed E-state index contributed by atoms with van der Waals surface area (Å²) in [6, 6.07) is 0. The number of alkyl carbamates (subject to hydrolysis) is 1. The van der Waals surface area contributed by atoms with Crippen molar-refractivity contribution in [2.24, 2.45) is 17.8 Å². The number of carbonyl (C=O) groups is 2. The van der Waals surface area contributed by atoms with Gasteiger partial charge in [0.2, 0.25) is 5.91 Å². The minimum Gasteiger partial charge on any atom is -0.444 e. The van der Waals surface area contributed by atoms with Crippen LogP contribution in [0, 0.1) is 17.8 Å². The highest BCUT2D eigenvalue weighted by Crippen LogP contribution is 2.64. The number of amides is 2. The van der Waals surface area contributed by atoms with Crippen molar-refractivity contribution < 1.29 is 14.3 Å². The van der Waals surface area contributed by atoms with Crippen molar-refractivity contribution in [1.29, 1.82) is 0 Å². The topological polar surface area (TPSA) is 67.4 Å². The largest absolute Gasteiger partial charge is 0.444 e. The number of ether oxygens (including phenoxy) is 1. The van der Waals surface area contributed by atoms with Crippen LogP contribution in [-0.4, -0.2) is 29.7 Å². The fourth-order valence-corrected chi connectivity index (χ4v) is 4.51. The Bertz CT molecular complexity index is 427. The summed E-state index contributed by atoms with van der Waals surface area (Å²) in [4.78, 5) is 23.6. The first-order chi connectivity index (χ1) is 9.27. The van der Waals surface area contributed by atoms with Gasteiger partial charge in [-0.2, -0.15) is 0 Å². The lowest BCUT2D eigenvalue weighted by Crippen LogP contribution is -2.51. The quantitative estimate of drug-likeness (QED) is 0.828. The molecule has 2 atom stereocenters. The first-order valence-corrected chi connectivity index (χ1v) is 7.55. The molecule has 2 N–H and O–H groups in total. The van der Waals surface area contributed by atoms with Crippen LogP contribution in [0.15, 0.2) is 0 Å². The Morgan fingerprint density at radius 1 is 1.20 bits per heavy atom. The second-order valence-corrected chi connectivity index (χ2v) is 7.66. The Kier molecular flexibility index (Phi) is 2.99. The third kappa shape index (κ3) is 2.38. The molecule has 0 radical (unpaired) electrons. The minimum atomic E-state index is -0.537. The van der Waals surface area contributed by atoms with Gasteiger partial charge in [0.1, 0.15) is 12.1 Å². The summed E-state index contributed by atoms with van der Waals surface area (Å²) in [7, 11) is 0. The van der Waals surface area contributed by atoms with Gasteiger partial charge in [-0.1, -0.05) is 0 Å². The van der Waals surface area contributed by atoms with Crippen LogP contribution in [0.4, 0.5) is 4.79 Å². The monoisotopic (exact) mass is 280 g/mol. The van der Waals surface area contributed by atoms with Crippen LogP contribution in [-0.2, 0) is 9.53 Å². The van der Waals surface area contributed by atoms with E-state index >= 15 is 0 Å². The van der Waals surface area contributed by atoms with E-state index in [2.05, 4.69) is 10.6 Å². The van der Waals surface area contributed by atoms with Crippen molar-refractivity contribution >= 4 is 12.0 Å². The first-order valence-electron chi connectivity index (χ1n) is 7.55. The lowest BCUT2D eigenvalue weighted by molar-refractivity contribution is -0.122. The molecule has 4 saturated carbocycles. The Balaban J connectivity index is 1.46. The average Bonchev–Trinajstić information content (AvgIpc) is 2.95. The van der Waals surface area contributed by atoms with Gasteiger partial charge in [-0.3, -0.25) is 4.79 Å². The maximum Gasteiger partial charge on any atom is 0.408 e. The van der Waals surface area contributed by atoms with Crippen molar-refractivity contribution in [2.75, 3.05) is 6.54 Å². The Morgan fingerprint density at radius 3 is 2.25 bits per heavy atom. The van der Waals surface area contributed by atoms with Crippen LogP contribution in [0.3, 0.4) is 0 Å². The standard InChI is InChI=1S/C15H24N2O3/c1-14(2,3)20-13(19)16-8-12(18)17-15-6-9-4-11(15)5-10(9)7-15/h9-11H,4-8H2,1-3H3,(H,16,19)(H,17,18). The van der Waals surface area contributed by atoms with E-state index in [1.807, 2.05) is 0 Å². The van der Waals surface area contributed by atoms with Gasteiger partial charge in [0.05, 0.1) is 0 Å². The fourth-order valence-electron chi connectivity index (χ4n) is 4.51. The van der Waals surface area contributed by atoms with Crippen LogP contribution in [0.5, 0.6) is 0 Å². The molecule has 0 spiro atoms. The van der Waals surface area contributed by atoms with Crippen LogP contribution in [0.2, 0.25) is 0 Å². The highest BCUT2D eigenvalue weighted by Gasteiger charge is 2.63. The molecule has 4 aliphatic carbocycles. The zero-order valence-electron chi connectivity index (χ0n) is 12.5. The van der Waals surface area contributed by atoms with Crippen LogP contribution in [0.1, 0.15) is 46.5 Å². The van der Waals surface area contributed by atoms with E-state index in [9.17, 15) is 9.59 Å². The van der Waals surface area contributed by atoms with Crippen LogP contribution >= 0.6 is 0 Å². The lowest BCUT2D eigenvalue weighted by Gasteiger charge is -2.30. The van der Waals surface area contributed by atoms with E-state index in [0.717, 1.165) is 24.7 Å². The van der Waals surface area contributed by atoms with E-state index < -0.39 is 11.7 Å². The lowest BCUT2D eigenvalue weighted by atomic mass is 9.90. The Labute approximate surface area is 119 Å². The van der Waals surface area contributed by atoms with Crippen molar-refractivity contribution in [3.63, 3.8) is 0 Å². The van der Waals surface area contributed by atoms with Gasteiger partial charge >= 0.3 is 6.09 Å². The maximum absolute atomic E-state index is 12.0. The molecule has 112 valence electrons. The molecule has 0 saturated heterocycles. The van der Waals surface area contributed by atoms with Gasteiger partial charge < -0.3 is 15.4 Å². The molecule has 5 heteroatoms. The second-order valence-electron chi connectivity index (χ2n) is 7.66. The van der Waals surface area contributed by atoms with Crippen molar-refractivity contribution in [3.05, 3.63) is 0 Å². The molecule has 0 heterocycles. The van der Waals surface area contributed by atoms with Crippen molar-refractivity contribution in [3.8, 4) is 0 Å². The van der Waals surface area contributed by atoms with E-state index in [0.29, 0.717) is 5.92 Å². The highest BCUT2D eigenvalue weighted by molar-refractivity contribution is 5.83.